The molecule has 2 amide bonds. The second kappa shape index (κ2) is 12.4. The first-order valence-corrected chi connectivity index (χ1v) is 12.8. The van der Waals surface area contributed by atoms with Crippen molar-refractivity contribution in [2.75, 3.05) is 55.4 Å². The number of hydrogen-bond donors (Lipinski definition) is 2. The molecule has 0 unspecified atom stereocenters. The van der Waals surface area contributed by atoms with Crippen LogP contribution in [-0.2, 0) is 20.7 Å². The predicted octanol–water partition coefficient (Wildman–Crippen LogP) is 3.41. The number of nitrogens with zero attached hydrogens (tertiary/aromatic N) is 3. The highest BCUT2D eigenvalue weighted by molar-refractivity contribution is 7.80. The second-order valence-corrected chi connectivity index (χ2v) is 9.63. The van der Waals surface area contributed by atoms with Crippen LogP contribution in [0.3, 0.4) is 0 Å². The highest BCUT2D eigenvalue weighted by atomic mass is 32.1. The number of nitrogen functional groups attached to an aromatic ring is 1. The van der Waals surface area contributed by atoms with Crippen LogP contribution in [0.25, 0.3) is 0 Å². The largest absolute Gasteiger partial charge is 0.490 e. The highest BCUT2D eigenvalue weighted by Crippen LogP contribution is 2.32. The van der Waals surface area contributed by atoms with E-state index in [1.54, 1.807) is 11.0 Å². The molecule has 0 radical (unpaired) electrons. The summed E-state index contributed by atoms with van der Waals surface area (Å²) in [5, 5.41) is 1.89. The first kappa shape index (κ1) is 27.5. The molecule has 2 aliphatic rings. The van der Waals surface area contributed by atoms with Gasteiger partial charge in [0.15, 0.2) is 16.7 Å². The molecule has 2 aromatic rings. The summed E-state index contributed by atoms with van der Waals surface area (Å²) in [6, 6.07) is 9.64. The maximum Gasteiger partial charge on any atom is 0.414 e. The van der Waals surface area contributed by atoms with Crippen molar-refractivity contribution in [1.29, 1.82) is 0 Å². The van der Waals surface area contributed by atoms with Crippen LogP contribution in [0.4, 0.5) is 30.6 Å². The monoisotopic (exact) mass is 547 g/mol. The summed E-state index contributed by atoms with van der Waals surface area (Å²) in [4.78, 5) is 27.9. The zero-order valence-corrected chi connectivity index (χ0v) is 21.9. The minimum atomic E-state index is -0.793. The van der Waals surface area contributed by atoms with Crippen LogP contribution in [-0.4, -0.2) is 68.0 Å². The van der Waals surface area contributed by atoms with Gasteiger partial charge in [0.2, 0.25) is 5.91 Å². The molecular weight excluding hydrogens is 516 g/mol. The highest BCUT2D eigenvalue weighted by Gasteiger charge is 2.34. The van der Waals surface area contributed by atoms with Crippen LogP contribution in [0.1, 0.15) is 24.8 Å². The minimum absolute atomic E-state index is 0.0804. The lowest BCUT2D eigenvalue weighted by Crippen LogP contribution is -2.43. The summed E-state index contributed by atoms with van der Waals surface area (Å²) < 4.78 is 40.7. The number of hydrogen-bond acceptors (Lipinski definition) is 8. The number of rotatable bonds is 8. The maximum atomic E-state index is 15.2. The number of nitrogens with one attached hydrogen (secondary N) is 1. The van der Waals surface area contributed by atoms with E-state index in [0.717, 1.165) is 17.7 Å². The quantitative estimate of drug-likeness (QED) is 0.383. The smallest absolute Gasteiger partial charge is 0.414 e. The van der Waals surface area contributed by atoms with Gasteiger partial charge in [-0.1, -0.05) is 12.1 Å². The van der Waals surface area contributed by atoms with Crippen LogP contribution in [0.15, 0.2) is 36.4 Å². The molecule has 2 aliphatic heterocycles. The Morgan fingerprint density at radius 1 is 1.18 bits per heavy atom. The number of thiocarbonyl (C=S) groups is 1. The van der Waals surface area contributed by atoms with Gasteiger partial charge in [-0.2, -0.15) is 0 Å². The third-order valence-corrected chi connectivity index (χ3v) is 6.93. The first-order valence-electron chi connectivity index (χ1n) is 12.4. The van der Waals surface area contributed by atoms with Gasteiger partial charge in [-0.25, -0.2) is 19.0 Å². The number of amides is 2. The van der Waals surface area contributed by atoms with Gasteiger partial charge in [-0.05, 0) is 42.8 Å². The Morgan fingerprint density at radius 2 is 1.95 bits per heavy atom. The van der Waals surface area contributed by atoms with E-state index in [4.69, 9.17) is 27.4 Å². The van der Waals surface area contributed by atoms with Gasteiger partial charge in [0.1, 0.15) is 11.8 Å². The summed E-state index contributed by atoms with van der Waals surface area (Å²) in [5.41, 5.74) is 10.3. The summed E-state index contributed by atoms with van der Waals surface area (Å²) in [6.07, 6.45) is 0.570. The van der Waals surface area contributed by atoms with Gasteiger partial charge in [-0.15, -0.1) is 0 Å². The number of aryl methyl sites for hydroxylation is 1. The average molecular weight is 548 g/mol. The average Bonchev–Trinajstić information content (AvgIpc) is 3.09. The standard InChI is InChI=1S/C26H31F2N5O4S/c1-36-24(38)8-6-20-16-32(26(35)37-20)19-14-21(27)25(22(28)15-19)31-10-9-30-33(12-11-31)23(34)7-5-17-3-2-4-18(29)13-17/h2-4,13-15,20,30H,5-12,16,29H2,1H3/t20-/m0/s1. The van der Waals surface area contributed by atoms with Crippen molar-refractivity contribution in [2.45, 2.75) is 31.8 Å². The number of hydrazine groups is 1. The number of halogens is 2. The lowest BCUT2D eigenvalue weighted by Gasteiger charge is -2.25. The fourth-order valence-corrected chi connectivity index (χ4v) is 4.69. The van der Waals surface area contributed by atoms with Crippen molar-refractivity contribution in [3.63, 3.8) is 0 Å². The normalized spacial score (nSPS) is 17.8. The molecule has 0 bridgehead atoms. The minimum Gasteiger partial charge on any atom is -0.490 e. The third kappa shape index (κ3) is 6.67. The predicted molar refractivity (Wildman–Crippen MR) is 144 cm³/mol. The van der Waals surface area contributed by atoms with E-state index in [1.165, 1.54) is 17.0 Å². The van der Waals surface area contributed by atoms with E-state index in [0.29, 0.717) is 43.1 Å². The van der Waals surface area contributed by atoms with Gasteiger partial charge in [0.25, 0.3) is 0 Å². The number of anilines is 3. The molecule has 1 atom stereocenters. The van der Waals surface area contributed by atoms with Crippen LogP contribution >= 0.6 is 12.2 Å². The van der Waals surface area contributed by atoms with E-state index >= 15 is 8.78 Å². The Morgan fingerprint density at radius 3 is 2.66 bits per heavy atom. The van der Waals surface area contributed by atoms with E-state index in [2.05, 4.69) is 5.43 Å². The second-order valence-electron chi connectivity index (χ2n) is 9.17. The molecule has 0 aliphatic carbocycles. The van der Waals surface area contributed by atoms with E-state index in [-0.39, 0.29) is 43.3 Å². The molecular formula is C26H31F2N5O4S. The molecule has 2 aromatic carbocycles. The lowest BCUT2D eigenvalue weighted by atomic mass is 10.1. The number of carbonyl (C=O) groups excluding carboxylic acids is 2. The Labute approximate surface area is 225 Å². The Hall–Kier alpha value is -3.51. The molecule has 4 rings (SSSR count). The number of carbonyl (C=O) groups is 2. The maximum absolute atomic E-state index is 15.2. The fraction of sp³-hybridized carbons (Fsp3) is 0.423. The van der Waals surface area contributed by atoms with Gasteiger partial charge >= 0.3 is 6.09 Å². The van der Waals surface area contributed by atoms with Crippen molar-refractivity contribution >= 4 is 46.3 Å². The molecule has 204 valence electrons. The van der Waals surface area contributed by atoms with Crippen LogP contribution in [0, 0.1) is 11.6 Å². The van der Waals surface area contributed by atoms with Gasteiger partial charge < -0.3 is 20.1 Å². The zero-order chi connectivity index (χ0) is 27.2. The molecule has 0 aromatic heterocycles. The van der Waals surface area contributed by atoms with Gasteiger partial charge in [-0.3, -0.25) is 14.7 Å². The van der Waals surface area contributed by atoms with Crippen molar-refractivity contribution in [2.24, 2.45) is 0 Å². The fourth-order valence-electron chi connectivity index (χ4n) is 4.58. The molecule has 0 saturated carbocycles. The molecule has 2 fully saturated rings. The van der Waals surface area contributed by atoms with E-state index < -0.39 is 23.8 Å². The summed E-state index contributed by atoms with van der Waals surface area (Å²) in [7, 11) is 1.47. The number of nitrogens with two attached hydrogens (primary N) is 1. The van der Waals surface area contributed by atoms with E-state index in [1.807, 2.05) is 18.2 Å². The number of methoxy groups -OCH3 is 1. The molecule has 0 spiro atoms. The molecule has 2 saturated heterocycles. The van der Waals surface area contributed by atoms with Gasteiger partial charge in [0.05, 0.1) is 25.9 Å². The molecule has 9 nitrogen and oxygen atoms in total. The van der Waals surface area contributed by atoms with Crippen molar-refractivity contribution in [3.8, 4) is 0 Å². The van der Waals surface area contributed by atoms with Crippen molar-refractivity contribution in [3.05, 3.63) is 53.6 Å². The zero-order valence-electron chi connectivity index (χ0n) is 21.1. The molecule has 38 heavy (non-hydrogen) atoms. The number of ether oxygens (including phenoxy) is 2. The van der Waals surface area contributed by atoms with Crippen molar-refractivity contribution in [1.82, 2.24) is 10.4 Å². The SMILES string of the molecule is COC(=S)CC[C@H]1CN(c2cc(F)c(N3CCNN(C(=O)CCc4cccc(N)c4)CC3)c(F)c2)C(=O)O1. The van der Waals surface area contributed by atoms with E-state index in [9.17, 15) is 9.59 Å². The van der Waals surface area contributed by atoms with Crippen LogP contribution < -0.4 is 21.0 Å². The first-order chi connectivity index (χ1) is 18.2. The molecule has 2 heterocycles. The molecule has 12 heteroatoms. The van der Waals surface area contributed by atoms with Crippen LogP contribution in [0.2, 0.25) is 0 Å². The Bertz CT molecular complexity index is 1180. The lowest BCUT2D eigenvalue weighted by molar-refractivity contribution is -0.133. The third-order valence-electron chi connectivity index (χ3n) is 6.56. The topological polar surface area (TPSA) is 100 Å². The summed E-state index contributed by atoms with van der Waals surface area (Å²) in [5.74, 6) is -1.70. The summed E-state index contributed by atoms with van der Waals surface area (Å²) in [6.45, 7) is 1.26. The Kier molecular flexibility index (Phi) is 8.95. The van der Waals surface area contributed by atoms with Crippen LogP contribution in [0.5, 0.6) is 0 Å². The van der Waals surface area contributed by atoms with Gasteiger partial charge in [0, 0.05) is 50.3 Å². The summed E-state index contributed by atoms with van der Waals surface area (Å²) >= 11 is 5.01. The molecule has 3 N–H and O–H groups in total. The number of benzene rings is 2. The number of cyclic esters (lactones) is 1. The Balaban J connectivity index is 1.37. The van der Waals surface area contributed by atoms with Crippen molar-refractivity contribution < 1.29 is 27.8 Å².